The zero-order valence-corrected chi connectivity index (χ0v) is 17.5. The Labute approximate surface area is 182 Å². The number of amides is 3. The Morgan fingerprint density at radius 2 is 1.72 bits per heavy atom. The van der Waals surface area contributed by atoms with E-state index < -0.39 is 17.9 Å². The van der Waals surface area contributed by atoms with Crippen molar-refractivity contribution in [3.8, 4) is 5.75 Å². The van der Waals surface area contributed by atoms with Gasteiger partial charge >= 0.3 is 0 Å². The lowest BCUT2D eigenvalue weighted by atomic mass is 10.1. The predicted octanol–water partition coefficient (Wildman–Crippen LogP) is 0.992. The first kappa shape index (κ1) is 21.0. The summed E-state index contributed by atoms with van der Waals surface area (Å²) in [6, 6.07) is 13.5. The normalized spacial score (nSPS) is 15.1. The average molecular weight is 435 g/mol. The fourth-order valence-corrected chi connectivity index (χ4v) is 3.51. The smallest absolute Gasteiger partial charge is 0.290 e. The molecule has 10 nitrogen and oxygen atoms in total. The van der Waals surface area contributed by atoms with Crippen LogP contribution in [-0.2, 0) is 16.1 Å². The number of carbonyl (C=O) groups excluding carboxylic acids is 3. The van der Waals surface area contributed by atoms with E-state index in [1.165, 1.54) is 9.58 Å². The van der Waals surface area contributed by atoms with Gasteiger partial charge in [-0.3, -0.25) is 34.9 Å². The van der Waals surface area contributed by atoms with Gasteiger partial charge in [-0.15, -0.1) is 0 Å². The highest BCUT2D eigenvalue weighted by Gasteiger charge is 2.32. The van der Waals surface area contributed by atoms with Crippen LogP contribution in [0.15, 0.2) is 53.3 Å². The fraction of sp³-hybridized carbons (Fsp3) is 0.227. The third kappa shape index (κ3) is 3.78. The van der Waals surface area contributed by atoms with Gasteiger partial charge in [-0.05, 0) is 32.0 Å². The Kier molecular flexibility index (Phi) is 5.59. The molecule has 4 rings (SSSR count). The van der Waals surface area contributed by atoms with Crippen molar-refractivity contribution in [3.63, 3.8) is 0 Å². The van der Waals surface area contributed by atoms with Crippen molar-refractivity contribution in [3.05, 3.63) is 64.6 Å². The van der Waals surface area contributed by atoms with Crippen LogP contribution in [0.4, 0.5) is 5.69 Å². The van der Waals surface area contributed by atoms with E-state index in [2.05, 4.69) is 16.0 Å². The highest BCUT2D eigenvalue weighted by Crippen LogP contribution is 2.33. The minimum absolute atomic E-state index is 0.00349. The molecule has 0 fully saturated rings. The minimum Gasteiger partial charge on any atom is -0.479 e. The van der Waals surface area contributed by atoms with Crippen LogP contribution in [0.5, 0.6) is 5.75 Å². The molecule has 10 heteroatoms. The average Bonchev–Trinajstić information content (AvgIpc) is 2.81. The molecule has 0 aliphatic carbocycles. The quantitative estimate of drug-likeness (QED) is 0.590. The number of hydrogen-bond donors (Lipinski definition) is 2. The highest BCUT2D eigenvalue weighted by molar-refractivity contribution is 6.06. The van der Waals surface area contributed by atoms with Crippen molar-refractivity contribution in [2.75, 3.05) is 11.4 Å². The van der Waals surface area contributed by atoms with Gasteiger partial charge in [-0.1, -0.05) is 30.3 Å². The first-order valence-corrected chi connectivity index (χ1v) is 10.1. The third-order valence-electron chi connectivity index (χ3n) is 5.07. The number of nitrogens with zero attached hydrogens (tertiary/aromatic N) is 3. The number of fused-ring (bicyclic) bond motifs is 2. The number of anilines is 1. The van der Waals surface area contributed by atoms with Gasteiger partial charge in [0.2, 0.25) is 0 Å². The number of para-hydroxylation sites is 2. The van der Waals surface area contributed by atoms with E-state index in [1.807, 2.05) is 0 Å². The van der Waals surface area contributed by atoms with Gasteiger partial charge in [0.15, 0.2) is 11.8 Å². The number of benzene rings is 2. The third-order valence-corrected chi connectivity index (χ3v) is 5.07. The number of hydrazine groups is 1. The molecule has 3 amide bonds. The van der Waals surface area contributed by atoms with Crippen molar-refractivity contribution < 1.29 is 19.1 Å². The lowest BCUT2D eigenvalue weighted by Crippen LogP contribution is -2.52. The van der Waals surface area contributed by atoms with Gasteiger partial charge in [0.25, 0.3) is 23.3 Å². The molecule has 3 aromatic rings. The summed E-state index contributed by atoms with van der Waals surface area (Å²) in [7, 11) is 0. The minimum atomic E-state index is -0.738. The number of rotatable bonds is 4. The Bertz CT molecular complexity index is 1290. The zero-order valence-electron chi connectivity index (χ0n) is 17.5. The first-order valence-electron chi connectivity index (χ1n) is 10.1. The maximum Gasteiger partial charge on any atom is 0.290 e. The number of aryl methyl sites for hydroxylation is 1. The second-order valence-electron chi connectivity index (χ2n) is 7.17. The molecular weight excluding hydrogens is 414 g/mol. The van der Waals surface area contributed by atoms with Crippen LogP contribution in [0.1, 0.15) is 24.3 Å². The van der Waals surface area contributed by atoms with Gasteiger partial charge in [0.05, 0.1) is 11.1 Å². The lowest BCUT2D eigenvalue weighted by molar-refractivity contribution is -0.128. The van der Waals surface area contributed by atoms with E-state index in [9.17, 15) is 19.2 Å². The summed E-state index contributed by atoms with van der Waals surface area (Å²) in [5.74, 6) is -1.16. The number of carbonyl (C=O) groups is 3. The van der Waals surface area contributed by atoms with E-state index in [4.69, 9.17) is 4.74 Å². The summed E-state index contributed by atoms with van der Waals surface area (Å²) >= 11 is 0. The van der Waals surface area contributed by atoms with Crippen LogP contribution >= 0.6 is 0 Å². The van der Waals surface area contributed by atoms with Crippen molar-refractivity contribution in [2.24, 2.45) is 0 Å². The van der Waals surface area contributed by atoms with Crippen molar-refractivity contribution in [2.45, 2.75) is 26.5 Å². The molecule has 0 bridgehead atoms. The Morgan fingerprint density at radius 1 is 1.03 bits per heavy atom. The molecular formula is C22H21N5O5. The predicted molar refractivity (Wildman–Crippen MR) is 116 cm³/mol. The topological polar surface area (TPSA) is 123 Å². The van der Waals surface area contributed by atoms with Crippen molar-refractivity contribution in [1.82, 2.24) is 20.6 Å². The van der Waals surface area contributed by atoms with Gasteiger partial charge in [-0.2, -0.15) is 5.10 Å². The molecule has 32 heavy (non-hydrogen) atoms. The van der Waals surface area contributed by atoms with Gasteiger partial charge in [-0.25, -0.2) is 4.68 Å². The Morgan fingerprint density at radius 3 is 2.47 bits per heavy atom. The summed E-state index contributed by atoms with van der Waals surface area (Å²) in [4.78, 5) is 51.5. The molecule has 1 atom stereocenters. The molecule has 0 radical (unpaired) electrons. The molecule has 0 spiro atoms. The standard InChI is InChI=1S/C22H21N5O5/c1-3-27-22(31)15-9-5-4-8-14(15)19(25-27)20(29)24-23-18(28)12-26-16-10-6-7-11-17(16)32-13(2)21(26)30/h4-11,13H,3,12H2,1-2H3,(H,23,28)(H,24,29). The van der Waals surface area contributed by atoms with Crippen LogP contribution in [0.25, 0.3) is 10.8 Å². The maximum absolute atomic E-state index is 12.7. The van der Waals surface area contributed by atoms with Crippen molar-refractivity contribution >= 4 is 34.2 Å². The molecule has 2 heterocycles. The molecule has 2 aromatic carbocycles. The monoisotopic (exact) mass is 435 g/mol. The maximum atomic E-state index is 12.7. The molecule has 164 valence electrons. The number of aromatic nitrogens is 2. The van der Waals surface area contributed by atoms with Crippen LogP contribution in [-0.4, -0.2) is 40.2 Å². The highest BCUT2D eigenvalue weighted by atomic mass is 16.5. The Balaban J connectivity index is 1.51. The number of ether oxygens (including phenoxy) is 1. The summed E-state index contributed by atoms with van der Waals surface area (Å²) in [5, 5.41) is 4.85. The summed E-state index contributed by atoms with van der Waals surface area (Å²) in [5.41, 5.74) is 4.80. The van der Waals surface area contributed by atoms with Crippen molar-refractivity contribution in [1.29, 1.82) is 0 Å². The molecule has 1 aliphatic rings. The second-order valence-corrected chi connectivity index (χ2v) is 7.17. The molecule has 1 aliphatic heterocycles. The molecule has 1 unspecified atom stereocenters. The first-order chi connectivity index (χ1) is 15.4. The van der Waals surface area contributed by atoms with E-state index in [1.54, 1.807) is 62.4 Å². The van der Waals surface area contributed by atoms with E-state index in [-0.39, 0.29) is 30.2 Å². The number of nitrogens with one attached hydrogen (secondary N) is 2. The SMILES string of the molecule is CCn1nc(C(=O)NNC(=O)CN2C(=O)C(C)Oc3ccccc32)c2ccccc2c1=O. The van der Waals surface area contributed by atoms with Gasteiger partial charge < -0.3 is 4.74 Å². The zero-order chi connectivity index (χ0) is 22.8. The molecule has 0 saturated carbocycles. The molecule has 2 N–H and O–H groups in total. The van der Waals surface area contributed by atoms with Crippen LogP contribution in [0.3, 0.4) is 0 Å². The van der Waals surface area contributed by atoms with Gasteiger partial charge in [0, 0.05) is 11.9 Å². The molecule has 1 aromatic heterocycles. The van der Waals surface area contributed by atoms with Crippen LogP contribution in [0.2, 0.25) is 0 Å². The lowest BCUT2D eigenvalue weighted by Gasteiger charge is -2.32. The van der Waals surface area contributed by atoms with E-state index in [0.29, 0.717) is 22.2 Å². The van der Waals surface area contributed by atoms with Crippen LogP contribution in [0, 0.1) is 0 Å². The Hall–Kier alpha value is -4.21. The second kappa shape index (κ2) is 8.50. The van der Waals surface area contributed by atoms with Gasteiger partial charge in [0.1, 0.15) is 12.3 Å². The summed E-state index contributed by atoms with van der Waals surface area (Å²) in [6.07, 6.45) is -0.738. The summed E-state index contributed by atoms with van der Waals surface area (Å²) in [6.45, 7) is 3.31. The molecule has 0 saturated heterocycles. The van der Waals surface area contributed by atoms with E-state index in [0.717, 1.165) is 0 Å². The fourth-order valence-electron chi connectivity index (χ4n) is 3.51. The summed E-state index contributed by atoms with van der Waals surface area (Å²) < 4.78 is 6.74. The largest absolute Gasteiger partial charge is 0.479 e. The number of hydrogen-bond acceptors (Lipinski definition) is 6. The van der Waals surface area contributed by atoms with E-state index >= 15 is 0 Å². The van der Waals surface area contributed by atoms with Crippen LogP contribution < -0.4 is 26.0 Å².